The fourth-order valence-corrected chi connectivity index (χ4v) is 6.38. The van der Waals surface area contributed by atoms with Crippen LogP contribution < -0.4 is 0 Å². The fourth-order valence-electron chi connectivity index (χ4n) is 6.24. The quantitative estimate of drug-likeness (QED) is 0.596. The molecule has 0 aromatic carbocycles. The molecular formula is C22H23BrO2. The summed E-state index contributed by atoms with van der Waals surface area (Å²) in [6.45, 7) is 6.52. The molecule has 4 rings (SSSR count). The van der Waals surface area contributed by atoms with Crippen LogP contribution in [-0.2, 0) is 9.59 Å². The van der Waals surface area contributed by atoms with Crippen LogP contribution in [0.15, 0.2) is 36.0 Å². The van der Waals surface area contributed by atoms with Crippen molar-refractivity contribution >= 4 is 27.5 Å². The minimum absolute atomic E-state index is 0.0497. The molecule has 0 aliphatic heterocycles. The lowest BCUT2D eigenvalue weighted by molar-refractivity contribution is -0.131. The highest BCUT2D eigenvalue weighted by Crippen LogP contribution is 2.65. The third-order valence-electron chi connectivity index (χ3n) is 7.45. The molecule has 0 bridgehead atoms. The van der Waals surface area contributed by atoms with Gasteiger partial charge in [-0.15, -0.1) is 0 Å². The highest BCUT2D eigenvalue weighted by molar-refractivity contribution is 9.12. The van der Waals surface area contributed by atoms with Gasteiger partial charge in [0.2, 0.25) is 0 Å². The van der Waals surface area contributed by atoms with Crippen LogP contribution in [0.5, 0.6) is 0 Å². The van der Waals surface area contributed by atoms with Crippen LogP contribution in [0, 0.1) is 39.3 Å². The smallest absolute Gasteiger partial charge is 0.178 e. The molecule has 4 aliphatic carbocycles. The summed E-state index contributed by atoms with van der Waals surface area (Å²) in [7, 11) is 0. The van der Waals surface area contributed by atoms with Gasteiger partial charge in [0.05, 0.1) is 0 Å². The van der Waals surface area contributed by atoms with Gasteiger partial charge in [-0.05, 0) is 66.0 Å². The molecule has 3 saturated carbocycles. The summed E-state index contributed by atoms with van der Waals surface area (Å²) in [5, 5.41) is 0. The van der Waals surface area contributed by atoms with Crippen molar-refractivity contribution in [3.8, 4) is 10.8 Å². The van der Waals surface area contributed by atoms with E-state index < -0.39 is 0 Å². The van der Waals surface area contributed by atoms with Gasteiger partial charge in [0.25, 0.3) is 0 Å². The molecule has 0 spiro atoms. The van der Waals surface area contributed by atoms with Crippen LogP contribution in [0.25, 0.3) is 0 Å². The molecule has 0 saturated heterocycles. The highest BCUT2D eigenvalue weighted by Gasteiger charge is 2.60. The normalized spacial score (nSPS) is 42.1. The average Bonchev–Trinajstić information content (AvgIpc) is 2.90. The predicted octanol–water partition coefficient (Wildman–Crippen LogP) is 4.76. The lowest BCUT2D eigenvalue weighted by Crippen LogP contribution is -2.51. The Balaban J connectivity index is 1.81. The molecule has 25 heavy (non-hydrogen) atoms. The molecule has 0 radical (unpaired) electrons. The molecule has 0 aromatic heterocycles. The molecule has 3 fully saturated rings. The number of fused-ring (bicyclic) bond motifs is 5. The largest absolute Gasteiger partial charge is 0.299 e. The number of hydrogen-bond donors (Lipinski definition) is 0. The lowest BCUT2D eigenvalue weighted by Gasteiger charge is -2.56. The topological polar surface area (TPSA) is 34.1 Å². The molecule has 3 heteroatoms. The van der Waals surface area contributed by atoms with Gasteiger partial charge in [0, 0.05) is 39.6 Å². The number of halogens is 1. The van der Waals surface area contributed by atoms with E-state index in [-0.39, 0.29) is 16.6 Å². The van der Waals surface area contributed by atoms with Gasteiger partial charge in [-0.1, -0.05) is 31.1 Å². The van der Waals surface area contributed by atoms with Crippen molar-refractivity contribution in [1.82, 2.24) is 0 Å². The average molecular weight is 399 g/mol. The van der Waals surface area contributed by atoms with E-state index in [0.29, 0.717) is 30.0 Å². The lowest BCUT2D eigenvalue weighted by atomic mass is 9.46. The van der Waals surface area contributed by atoms with Gasteiger partial charge in [0.15, 0.2) is 5.78 Å². The Morgan fingerprint density at radius 1 is 1.32 bits per heavy atom. The Morgan fingerprint density at radius 3 is 2.88 bits per heavy atom. The number of carbonyl (C=O) groups is 2. The van der Waals surface area contributed by atoms with Crippen molar-refractivity contribution in [2.45, 2.75) is 45.4 Å². The first-order valence-corrected chi connectivity index (χ1v) is 9.97. The van der Waals surface area contributed by atoms with Crippen LogP contribution >= 0.6 is 15.9 Å². The van der Waals surface area contributed by atoms with E-state index >= 15 is 0 Å². The van der Waals surface area contributed by atoms with E-state index in [4.69, 9.17) is 0 Å². The third-order valence-corrected chi connectivity index (χ3v) is 7.73. The number of allylic oxidation sites excluding steroid dienone is 5. The molecule has 5 atom stereocenters. The number of Topliss-reactive ketones (excluding diaryl/α,β-unsaturated/α-hetero) is 1. The zero-order valence-corrected chi connectivity index (χ0v) is 16.2. The second-order valence-electron chi connectivity index (χ2n) is 8.38. The maximum absolute atomic E-state index is 12.5. The molecule has 0 heterocycles. The first-order chi connectivity index (χ1) is 11.9. The van der Waals surface area contributed by atoms with Crippen LogP contribution in [0.1, 0.15) is 45.4 Å². The van der Waals surface area contributed by atoms with E-state index in [0.717, 1.165) is 43.3 Å². The van der Waals surface area contributed by atoms with Crippen LogP contribution in [-0.4, -0.2) is 11.6 Å². The summed E-state index contributed by atoms with van der Waals surface area (Å²) in [4.78, 5) is 27.4. The molecule has 130 valence electrons. The van der Waals surface area contributed by atoms with E-state index in [1.165, 1.54) is 0 Å². The zero-order valence-electron chi connectivity index (χ0n) is 14.6. The van der Waals surface area contributed by atoms with Crippen molar-refractivity contribution < 1.29 is 9.59 Å². The fraction of sp³-hybridized carbons (Fsp3) is 0.545. The molecule has 0 aromatic rings. The maximum atomic E-state index is 12.5. The molecule has 0 unspecified atom stereocenters. The zero-order chi connectivity index (χ0) is 17.8. The van der Waals surface area contributed by atoms with Gasteiger partial charge in [-0.2, -0.15) is 0 Å². The standard InChI is InChI=1S/C22H23BrO2/c1-14-12-16-17-4-5-20(25)21(17,2)9-7-18(16)22(8-3-11-23)10-6-15(24)13-19(14)22/h6,10,13,16-18H,1,4-5,7-9,12H2,2H3/t16-,17-,18-,21-,22+/m0/s1. The summed E-state index contributed by atoms with van der Waals surface area (Å²) < 4.78 is 0. The summed E-state index contributed by atoms with van der Waals surface area (Å²) in [5.74, 6) is 5.05. The van der Waals surface area contributed by atoms with Crippen molar-refractivity contribution in [1.29, 1.82) is 0 Å². The van der Waals surface area contributed by atoms with E-state index in [1.807, 2.05) is 0 Å². The van der Waals surface area contributed by atoms with E-state index in [1.54, 1.807) is 12.2 Å². The SMILES string of the molecule is C=C1C[C@H]2[C@@H]3CCC(=O)[C@@]3(C)CC[C@@H]2[C@@]2(CC#CBr)C=CC(=O)C=C12. The first-order valence-electron chi connectivity index (χ1n) is 9.18. The van der Waals surface area contributed by atoms with Crippen molar-refractivity contribution in [2.75, 3.05) is 0 Å². The van der Waals surface area contributed by atoms with E-state index in [2.05, 4.69) is 46.3 Å². The monoisotopic (exact) mass is 398 g/mol. The minimum Gasteiger partial charge on any atom is -0.299 e. The van der Waals surface area contributed by atoms with Crippen LogP contribution in [0.2, 0.25) is 0 Å². The van der Waals surface area contributed by atoms with E-state index in [9.17, 15) is 9.59 Å². The molecular weight excluding hydrogens is 376 g/mol. The van der Waals surface area contributed by atoms with Crippen LogP contribution in [0.3, 0.4) is 0 Å². The Labute approximate surface area is 158 Å². The van der Waals surface area contributed by atoms with Gasteiger partial charge in [-0.25, -0.2) is 0 Å². The molecule has 2 nitrogen and oxygen atoms in total. The molecule has 0 amide bonds. The number of rotatable bonds is 1. The van der Waals surface area contributed by atoms with Gasteiger partial charge >= 0.3 is 0 Å². The van der Waals surface area contributed by atoms with Crippen molar-refractivity contribution in [3.05, 3.63) is 36.0 Å². The number of carbonyl (C=O) groups excluding carboxylic acids is 2. The second-order valence-corrected chi connectivity index (χ2v) is 8.78. The first kappa shape index (κ1) is 17.0. The summed E-state index contributed by atoms with van der Waals surface area (Å²) in [5.41, 5.74) is 1.78. The predicted molar refractivity (Wildman–Crippen MR) is 102 cm³/mol. The van der Waals surface area contributed by atoms with Gasteiger partial charge < -0.3 is 0 Å². The summed E-state index contributed by atoms with van der Waals surface area (Å²) in [6.07, 6.45) is 10.9. The van der Waals surface area contributed by atoms with Gasteiger partial charge in [0.1, 0.15) is 5.78 Å². The summed E-state index contributed by atoms with van der Waals surface area (Å²) in [6, 6.07) is 0. The minimum atomic E-state index is -0.221. The summed E-state index contributed by atoms with van der Waals surface area (Å²) >= 11 is 3.23. The maximum Gasteiger partial charge on any atom is 0.178 e. The van der Waals surface area contributed by atoms with Crippen molar-refractivity contribution in [2.24, 2.45) is 28.6 Å². The number of hydrogen-bond acceptors (Lipinski definition) is 2. The number of ketones is 2. The Bertz CT molecular complexity index is 793. The molecule has 0 N–H and O–H groups in total. The van der Waals surface area contributed by atoms with Crippen molar-refractivity contribution in [3.63, 3.8) is 0 Å². The Hall–Kier alpha value is -1.40. The Kier molecular flexibility index (Phi) is 3.96. The van der Waals surface area contributed by atoms with Crippen LogP contribution in [0.4, 0.5) is 0 Å². The molecule has 4 aliphatic rings. The third kappa shape index (κ3) is 2.30. The highest BCUT2D eigenvalue weighted by atomic mass is 79.9. The van der Waals surface area contributed by atoms with Gasteiger partial charge in [-0.3, -0.25) is 9.59 Å². The Morgan fingerprint density at radius 2 is 2.12 bits per heavy atom. The second kappa shape index (κ2) is 5.81.